The van der Waals surface area contributed by atoms with Crippen LogP contribution in [-0.2, 0) is 6.54 Å². The molecule has 0 unspecified atom stereocenters. The van der Waals surface area contributed by atoms with Gasteiger partial charge < -0.3 is 20.2 Å². The van der Waals surface area contributed by atoms with Gasteiger partial charge in [-0.3, -0.25) is 0 Å². The standard InChI is InChI=1S/C16H18ClFN2O3/c1-10(8-13(21)14-6-3-7-23-14)20-16(22)19-9-11-4-2-5-12(17)15(11)18/h2-7,10,13,21H,8-9H2,1H3,(H2,19,20,22)/t10-,13-/m1/s1. The fourth-order valence-electron chi connectivity index (χ4n) is 2.13. The lowest BCUT2D eigenvalue weighted by Gasteiger charge is -2.17. The first-order valence-corrected chi connectivity index (χ1v) is 7.54. The Bertz CT molecular complexity index is 649. The minimum Gasteiger partial charge on any atom is -0.467 e. The van der Waals surface area contributed by atoms with Crippen LogP contribution in [0.3, 0.4) is 0 Å². The van der Waals surface area contributed by atoms with E-state index in [2.05, 4.69) is 10.6 Å². The summed E-state index contributed by atoms with van der Waals surface area (Å²) < 4.78 is 18.8. The molecular weight excluding hydrogens is 323 g/mol. The van der Waals surface area contributed by atoms with Crippen molar-refractivity contribution in [1.29, 1.82) is 0 Å². The summed E-state index contributed by atoms with van der Waals surface area (Å²) in [5.41, 5.74) is 0.302. The van der Waals surface area contributed by atoms with E-state index in [1.54, 1.807) is 31.2 Å². The molecule has 0 radical (unpaired) electrons. The number of carbonyl (C=O) groups excluding carboxylic acids is 1. The van der Waals surface area contributed by atoms with E-state index in [-0.39, 0.29) is 17.6 Å². The average Bonchev–Trinajstić information content (AvgIpc) is 3.03. The van der Waals surface area contributed by atoms with Crippen LogP contribution in [0.2, 0.25) is 5.02 Å². The quantitative estimate of drug-likeness (QED) is 0.754. The number of urea groups is 1. The van der Waals surface area contributed by atoms with Crippen molar-refractivity contribution < 1.29 is 18.7 Å². The van der Waals surface area contributed by atoms with Crippen molar-refractivity contribution in [3.05, 3.63) is 58.8 Å². The second kappa shape index (κ2) is 7.99. The molecule has 0 saturated heterocycles. The zero-order chi connectivity index (χ0) is 16.8. The molecule has 0 fully saturated rings. The number of rotatable bonds is 6. The predicted octanol–water partition coefficient (Wildman–Crippen LogP) is 3.38. The summed E-state index contributed by atoms with van der Waals surface area (Å²) in [7, 11) is 0. The van der Waals surface area contributed by atoms with Crippen LogP contribution in [0.1, 0.15) is 30.8 Å². The van der Waals surface area contributed by atoms with Crippen molar-refractivity contribution in [3.63, 3.8) is 0 Å². The average molecular weight is 341 g/mol. The number of hydrogen-bond donors (Lipinski definition) is 3. The molecule has 2 amide bonds. The fraction of sp³-hybridized carbons (Fsp3) is 0.312. The molecule has 2 atom stereocenters. The van der Waals surface area contributed by atoms with Crippen molar-refractivity contribution in [2.24, 2.45) is 0 Å². The first-order valence-electron chi connectivity index (χ1n) is 7.16. The van der Waals surface area contributed by atoms with Crippen LogP contribution in [0.25, 0.3) is 0 Å². The van der Waals surface area contributed by atoms with Crippen LogP contribution in [0.15, 0.2) is 41.0 Å². The Kier molecular flexibility index (Phi) is 6.01. The number of benzene rings is 1. The van der Waals surface area contributed by atoms with E-state index in [1.807, 2.05) is 0 Å². The highest BCUT2D eigenvalue weighted by Gasteiger charge is 2.16. The molecule has 23 heavy (non-hydrogen) atoms. The molecule has 2 rings (SSSR count). The van der Waals surface area contributed by atoms with Crippen LogP contribution in [0.5, 0.6) is 0 Å². The first-order chi connectivity index (χ1) is 11.0. The van der Waals surface area contributed by atoms with Gasteiger partial charge in [-0.2, -0.15) is 0 Å². The number of furan rings is 1. The first kappa shape index (κ1) is 17.3. The number of aliphatic hydroxyl groups is 1. The molecule has 0 aliphatic heterocycles. The molecule has 3 N–H and O–H groups in total. The van der Waals surface area contributed by atoms with Crippen LogP contribution in [0, 0.1) is 5.82 Å². The molecule has 0 bridgehead atoms. The predicted molar refractivity (Wildman–Crippen MR) is 84.5 cm³/mol. The summed E-state index contributed by atoms with van der Waals surface area (Å²) in [6, 6.07) is 7.21. The molecule has 0 spiro atoms. The molecular formula is C16H18ClFN2O3. The summed E-state index contributed by atoms with van der Waals surface area (Å²) in [4.78, 5) is 11.8. The third-order valence-corrected chi connectivity index (χ3v) is 3.59. The number of hydrogen-bond acceptors (Lipinski definition) is 3. The van der Waals surface area contributed by atoms with Gasteiger partial charge in [0.25, 0.3) is 0 Å². The van der Waals surface area contributed by atoms with Gasteiger partial charge in [0.15, 0.2) is 0 Å². The molecule has 1 aromatic heterocycles. The normalized spacial score (nSPS) is 13.4. The maximum atomic E-state index is 13.7. The van der Waals surface area contributed by atoms with E-state index < -0.39 is 18.0 Å². The third-order valence-electron chi connectivity index (χ3n) is 3.30. The van der Waals surface area contributed by atoms with Gasteiger partial charge in [0.05, 0.1) is 11.3 Å². The van der Waals surface area contributed by atoms with E-state index in [1.165, 1.54) is 12.3 Å². The Morgan fingerprint density at radius 1 is 1.39 bits per heavy atom. The van der Waals surface area contributed by atoms with Crippen molar-refractivity contribution in [2.45, 2.75) is 32.0 Å². The summed E-state index contributed by atoms with van der Waals surface area (Å²) in [6.07, 6.45) is 0.973. The highest BCUT2D eigenvalue weighted by molar-refractivity contribution is 6.30. The van der Waals surface area contributed by atoms with Gasteiger partial charge in [0, 0.05) is 24.6 Å². The lowest BCUT2D eigenvalue weighted by molar-refractivity contribution is 0.129. The fourth-order valence-corrected chi connectivity index (χ4v) is 2.32. The van der Waals surface area contributed by atoms with Crippen LogP contribution >= 0.6 is 11.6 Å². The van der Waals surface area contributed by atoms with Gasteiger partial charge in [0.2, 0.25) is 0 Å². The van der Waals surface area contributed by atoms with E-state index in [9.17, 15) is 14.3 Å². The van der Waals surface area contributed by atoms with Gasteiger partial charge in [-0.25, -0.2) is 9.18 Å². The molecule has 0 aliphatic carbocycles. The maximum Gasteiger partial charge on any atom is 0.315 e. The van der Waals surface area contributed by atoms with E-state index in [0.29, 0.717) is 17.7 Å². The molecule has 0 aliphatic rings. The zero-order valence-electron chi connectivity index (χ0n) is 12.6. The Morgan fingerprint density at radius 3 is 2.87 bits per heavy atom. The largest absolute Gasteiger partial charge is 0.467 e. The topological polar surface area (TPSA) is 74.5 Å². The second-order valence-electron chi connectivity index (χ2n) is 5.21. The SMILES string of the molecule is C[C@H](C[C@@H](O)c1ccco1)NC(=O)NCc1cccc(Cl)c1F. The van der Waals surface area contributed by atoms with Crippen LogP contribution in [0.4, 0.5) is 9.18 Å². The third kappa shape index (κ3) is 4.97. The van der Waals surface area contributed by atoms with Gasteiger partial charge in [-0.15, -0.1) is 0 Å². The van der Waals surface area contributed by atoms with E-state index in [0.717, 1.165) is 0 Å². The highest BCUT2D eigenvalue weighted by atomic mass is 35.5. The summed E-state index contributed by atoms with van der Waals surface area (Å²) >= 11 is 5.68. The summed E-state index contributed by atoms with van der Waals surface area (Å²) in [5, 5.41) is 15.2. The molecule has 1 aromatic carbocycles. The molecule has 124 valence electrons. The summed E-state index contributed by atoms with van der Waals surface area (Å²) in [6.45, 7) is 1.78. The Morgan fingerprint density at radius 2 is 2.17 bits per heavy atom. The molecule has 2 aromatic rings. The maximum absolute atomic E-state index is 13.7. The molecule has 7 heteroatoms. The number of aliphatic hydroxyl groups excluding tert-OH is 1. The van der Waals surface area contributed by atoms with Gasteiger partial charge in [-0.05, 0) is 25.1 Å². The Balaban J connectivity index is 1.79. The van der Waals surface area contributed by atoms with Crippen molar-refractivity contribution in [1.82, 2.24) is 10.6 Å². The lowest BCUT2D eigenvalue weighted by atomic mass is 10.1. The van der Waals surface area contributed by atoms with E-state index >= 15 is 0 Å². The molecule has 0 saturated carbocycles. The smallest absolute Gasteiger partial charge is 0.315 e. The number of amides is 2. The summed E-state index contributed by atoms with van der Waals surface area (Å²) in [5.74, 6) is -0.101. The Labute approximate surface area is 138 Å². The van der Waals surface area contributed by atoms with Gasteiger partial charge in [0.1, 0.15) is 17.7 Å². The highest BCUT2D eigenvalue weighted by Crippen LogP contribution is 2.19. The van der Waals surface area contributed by atoms with Gasteiger partial charge in [-0.1, -0.05) is 23.7 Å². The van der Waals surface area contributed by atoms with Gasteiger partial charge >= 0.3 is 6.03 Å². The van der Waals surface area contributed by atoms with E-state index in [4.69, 9.17) is 16.0 Å². The number of carbonyl (C=O) groups is 1. The number of halogens is 2. The number of nitrogens with one attached hydrogen (secondary N) is 2. The van der Waals surface area contributed by atoms with Crippen molar-refractivity contribution in [3.8, 4) is 0 Å². The lowest BCUT2D eigenvalue weighted by Crippen LogP contribution is -2.41. The van der Waals surface area contributed by atoms with Crippen molar-refractivity contribution >= 4 is 17.6 Å². The van der Waals surface area contributed by atoms with Crippen LogP contribution < -0.4 is 10.6 Å². The zero-order valence-corrected chi connectivity index (χ0v) is 13.3. The Hall–Kier alpha value is -2.05. The second-order valence-corrected chi connectivity index (χ2v) is 5.62. The molecule has 5 nitrogen and oxygen atoms in total. The minimum absolute atomic E-state index is 0.0136. The van der Waals surface area contributed by atoms with Crippen LogP contribution in [-0.4, -0.2) is 17.2 Å². The monoisotopic (exact) mass is 340 g/mol. The molecule has 1 heterocycles. The van der Waals surface area contributed by atoms with Crippen molar-refractivity contribution in [2.75, 3.05) is 0 Å². The minimum atomic E-state index is -0.800.